The van der Waals surface area contributed by atoms with Crippen molar-refractivity contribution >= 4 is 27.4 Å². The maximum atomic E-state index is 12.6. The SMILES string of the molecule is O=C([O-])CN(c1ccc([N+](=O)[O-])cc1)S(=O)(=O)c1ccccc1. The van der Waals surface area contributed by atoms with Crippen LogP contribution in [0.2, 0.25) is 0 Å². The van der Waals surface area contributed by atoms with Crippen molar-refractivity contribution in [3.8, 4) is 0 Å². The van der Waals surface area contributed by atoms with Crippen molar-refractivity contribution in [2.24, 2.45) is 0 Å². The van der Waals surface area contributed by atoms with E-state index in [0.29, 0.717) is 4.31 Å². The van der Waals surface area contributed by atoms with Crippen LogP contribution in [0.1, 0.15) is 0 Å². The van der Waals surface area contributed by atoms with E-state index in [4.69, 9.17) is 0 Å². The Morgan fingerprint density at radius 2 is 1.61 bits per heavy atom. The summed E-state index contributed by atoms with van der Waals surface area (Å²) in [6, 6.07) is 11.8. The van der Waals surface area contributed by atoms with Gasteiger partial charge in [-0.3, -0.25) is 14.4 Å². The molecule has 0 N–H and O–H groups in total. The maximum absolute atomic E-state index is 12.6. The van der Waals surface area contributed by atoms with E-state index in [1.165, 1.54) is 36.4 Å². The summed E-state index contributed by atoms with van der Waals surface area (Å²) >= 11 is 0. The van der Waals surface area contributed by atoms with Gasteiger partial charge in [0.05, 0.1) is 28.0 Å². The Kier molecular flexibility index (Phi) is 4.60. The second kappa shape index (κ2) is 6.44. The summed E-state index contributed by atoms with van der Waals surface area (Å²) in [5, 5.41) is 21.6. The summed E-state index contributed by atoms with van der Waals surface area (Å²) in [6.45, 7) is -0.908. The summed E-state index contributed by atoms with van der Waals surface area (Å²) in [5.74, 6) is -1.59. The van der Waals surface area contributed by atoms with Gasteiger partial charge in [-0.15, -0.1) is 0 Å². The zero-order valence-corrected chi connectivity index (χ0v) is 12.5. The standard InChI is InChI=1S/C14H12N2O6S/c17-14(18)10-15(11-6-8-12(9-7-11)16(19)20)23(21,22)13-4-2-1-3-5-13/h1-9H,10H2,(H,17,18)/p-1. The van der Waals surface area contributed by atoms with Gasteiger partial charge in [-0.2, -0.15) is 0 Å². The summed E-state index contributed by atoms with van der Waals surface area (Å²) < 4.78 is 25.8. The topological polar surface area (TPSA) is 121 Å². The van der Waals surface area contributed by atoms with Crippen LogP contribution < -0.4 is 9.41 Å². The number of carboxylic acid groups (broad SMARTS) is 1. The van der Waals surface area contributed by atoms with E-state index in [-0.39, 0.29) is 16.3 Å². The third-order valence-electron chi connectivity index (χ3n) is 2.95. The number of anilines is 1. The molecule has 0 bridgehead atoms. The fourth-order valence-corrected chi connectivity index (χ4v) is 3.32. The lowest BCUT2D eigenvalue weighted by molar-refractivity contribution is -0.384. The highest BCUT2D eigenvalue weighted by Gasteiger charge is 2.25. The fraction of sp³-hybridized carbons (Fsp3) is 0.0714. The zero-order chi connectivity index (χ0) is 17.0. The molecular formula is C14H11N2O6S-. The molecule has 0 spiro atoms. The van der Waals surface area contributed by atoms with Crippen LogP contribution in [-0.4, -0.2) is 25.9 Å². The fourth-order valence-electron chi connectivity index (χ4n) is 1.89. The first-order valence-electron chi connectivity index (χ1n) is 6.34. The molecule has 0 aliphatic heterocycles. The van der Waals surface area contributed by atoms with Crippen LogP contribution in [-0.2, 0) is 14.8 Å². The molecule has 0 amide bonds. The van der Waals surface area contributed by atoms with Crippen LogP contribution >= 0.6 is 0 Å². The minimum absolute atomic E-state index is 0.0105. The second-order valence-electron chi connectivity index (χ2n) is 4.47. The lowest BCUT2D eigenvalue weighted by atomic mass is 10.3. The number of hydrogen-bond donors (Lipinski definition) is 0. The molecule has 2 aromatic rings. The molecule has 0 aromatic heterocycles. The van der Waals surface area contributed by atoms with Crippen LogP contribution in [0.4, 0.5) is 11.4 Å². The summed E-state index contributed by atoms with van der Waals surface area (Å²) in [5.41, 5.74) is -0.247. The minimum atomic E-state index is -4.14. The number of carbonyl (C=O) groups is 1. The lowest BCUT2D eigenvalue weighted by Crippen LogP contribution is -2.41. The van der Waals surface area contributed by atoms with Gasteiger partial charge < -0.3 is 9.90 Å². The predicted octanol–water partition coefficient (Wildman–Crippen LogP) is 0.540. The zero-order valence-electron chi connectivity index (χ0n) is 11.7. The molecule has 9 heteroatoms. The average Bonchev–Trinajstić information content (AvgIpc) is 2.53. The first-order valence-corrected chi connectivity index (χ1v) is 7.78. The van der Waals surface area contributed by atoms with Crippen molar-refractivity contribution in [2.75, 3.05) is 10.8 Å². The number of rotatable bonds is 6. The van der Waals surface area contributed by atoms with Gasteiger partial charge in [0, 0.05) is 12.1 Å². The monoisotopic (exact) mass is 335 g/mol. The number of nitro benzene ring substituents is 1. The predicted molar refractivity (Wildman–Crippen MR) is 79.1 cm³/mol. The Morgan fingerprint density at radius 1 is 1.04 bits per heavy atom. The highest BCUT2D eigenvalue weighted by Crippen LogP contribution is 2.25. The number of carboxylic acids is 1. The van der Waals surface area contributed by atoms with Crippen molar-refractivity contribution in [3.63, 3.8) is 0 Å². The molecule has 0 heterocycles. The Morgan fingerprint density at radius 3 is 2.09 bits per heavy atom. The van der Waals surface area contributed by atoms with Crippen molar-refractivity contribution < 1.29 is 23.2 Å². The molecule has 0 unspecified atom stereocenters. The number of hydrogen-bond acceptors (Lipinski definition) is 6. The molecule has 120 valence electrons. The van der Waals surface area contributed by atoms with E-state index in [1.807, 2.05) is 0 Å². The molecular weight excluding hydrogens is 324 g/mol. The Balaban J connectivity index is 2.49. The molecule has 23 heavy (non-hydrogen) atoms. The smallest absolute Gasteiger partial charge is 0.269 e. The number of non-ortho nitro benzene ring substituents is 1. The van der Waals surface area contributed by atoms with Crippen LogP contribution in [0.5, 0.6) is 0 Å². The van der Waals surface area contributed by atoms with Gasteiger partial charge in [-0.1, -0.05) is 18.2 Å². The van der Waals surface area contributed by atoms with Gasteiger partial charge in [0.15, 0.2) is 0 Å². The van der Waals surface area contributed by atoms with Crippen molar-refractivity contribution in [1.82, 2.24) is 0 Å². The number of aliphatic carboxylic acids is 1. The second-order valence-corrected chi connectivity index (χ2v) is 6.33. The van der Waals surface area contributed by atoms with E-state index >= 15 is 0 Å². The van der Waals surface area contributed by atoms with Crippen LogP contribution in [0.15, 0.2) is 59.5 Å². The normalized spacial score (nSPS) is 11.0. The van der Waals surface area contributed by atoms with Gasteiger partial charge in [-0.25, -0.2) is 8.42 Å². The van der Waals surface area contributed by atoms with E-state index in [1.54, 1.807) is 6.07 Å². The summed E-state index contributed by atoms with van der Waals surface area (Å²) in [6.07, 6.45) is 0. The van der Waals surface area contributed by atoms with Gasteiger partial charge in [0.25, 0.3) is 15.7 Å². The molecule has 2 aromatic carbocycles. The van der Waals surface area contributed by atoms with E-state index in [9.17, 15) is 28.4 Å². The average molecular weight is 335 g/mol. The summed E-state index contributed by atoms with van der Waals surface area (Å²) in [7, 11) is -4.14. The largest absolute Gasteiger partial charge is 0.548 e. The van der Waals surface area contributed by atoms with E-state index in [0.717, 1.165) is 12.1 Å². The van der Waals surface area contributed by atoms with Crippen LogP contribution in [0.25, 0.3) is 0 Å². The van der Waals surface area contributed by atoms with Crippen molar-refractivity contribution in [2.45, 2.75) is 4.90 Å². The molecule has 0 saturated heterocycles. The highest BCUT2D eigenvalue weighted by atomic mass is 32.2. The maximum Gasteiger partial charge on any atom is 0.269 e. The molecule has 0 atom stereocenters. The molecule has 8 nitrogen and oxygen atoms in total. The molecule has 0 radical (unpaired) electrons. The van der Waals surface area contributed by atoms with Gasteiger partial charge >= 0.3 is 0 Å². The molecule has 0 fully saturated rings. The number of sulfonamides is 1. The first-order chi connectivity index (χ1) is 10.8. The van der Waals surface area contributed by atoms with Gasteiger partial charge in [0.2, 0.25) is 0 Å². The van der Waals surface area contributed by atoms with Gasteiger partial charge in [0.1, 0.15) is 0 Å². The molecule has 0 aliphatic rings. The highest BCUT2D eigenvalue weighted by molar-refractivity contribution is 7.92. The third kappa shape index (κ3) is 3.64. The van der Waals surface area contributed by atoms with Gasteiger partial charge in [-0.05, 0) is 24.3 Å². The molecule has 0 saturated carbocycles. The number of nitrogens with zero attached hydrogens (tertiary/aromatic N) is 2. The Hall–Kier alpha value is -2.94. The van der Waals surface area contributed by atoms with Crippen molar-refractivity contribution in [1.29, 1.82) is 0 Å². The van der Waals surface area contributed by atoms with E-state index < -0.39 is 27.5 Å². The number of benzene rings is 2. The first kappa shape index (κ1) is 16.4. The molecule has 0 aliphatic carbocycles. The summed E-state index contributed by atoms with van der Waals surface area (Å²) in [4.78, 5) is 20.8. The Bertz CT molecular complexity index is 818. The number of carbonyl (C=O) groups excluding carboxylic acids is 1. The van der Waals surface area contributed by atoms with Crippen LogP contribution in [0, 0.1) is 10.1 Å². The van der Waals surface area contributed by atoms with Crippen LogP contribution in [0.3, 0.4) is 0 Å². The minimum Gasteiger partial charge on any atom is -0.548 e. The molecule has 2 rings (SSSR count). The Labute approximate surface area is 131 Å². The third-order valence-corrected chi connectivity index (χ3v) is 4.74. The number of nitro groups is 1. The van der Waals surface area contributed by atoms with E-state index in [2.05, 4.69) is 0 Å². The van der Waals surface area contributed by atoms with Crippen molar-refractivity contribution in [3.05, 3.63) is 64.7 Å². The lowest BCUT2D eigenvalue weighted by Gasteiger charge is -2.24. The quantitative estimate of drug-likeness (QED) is 0.561.